The Bertz CT molecular complexity index is 895. The number of para-hydroxylation sites is 2. The van der Waals surface area contributed by atoms with Crippen molar-refractivity contribution < 1.29 is 0 Å². The van der Waals surface area contributed by atoms with Crippen molar-refractivity contribution in [3.8, 4) is 11.8 Å². The molecule has 0 atom stereocenters. The van der Waals surface area contributed by atoms with Gasteiger partial charge in [-0.1, -0.05) is 60.4 Å². The van der Waals surface area contributed by atoms with E-state index in [-0.39, 0.29) is 0 Å². The van der Waals surface area contributed by atoms with Crippen LogP contribution in [0.1, 0.15) is 11.1 Å². The van der Waals surface area contributed by atoms with E-state index in [1.807, 2.05) is 84.9 Å². The van der Waals surface area contributed by atoms with Crippen LogP contribution in [0.25, 0.3) is 0 Å². The molecule has 0 saturated heterocycles. The minimum absolute atomic E-state index is 0.760. The molecule has 3 aromatic carbocycles. The molecule has 0 aromatic heterocycles. The van der Waals surface area contributed by atoms with Crippen molar-refractivity contribution >= 4 is 17.4 Å². The summed E-state index contributed by atoms with van der Waals surface area (Å²) in [6.45, 7) is 0. The molecular formula is C21H14N2. The summed E-state index contributed by atoms with van der Waals surface area (Å²) in [5.41, 5.74) is 3.41. The second-order valence-corrected chi connectivity index (χ2v) is 4.79. The molecule has 0 bridgehead atoms. The number of aliphatic imine (C=N–C) groups is 2. The van der Waals surface area contributed by atoms with Crippen LogP contribution in [0.5, 0.6) is 0 Å². The Balaban J connectivity index is 1.87. The van der Waals surface area contributed by atoms with Crippen molar-refractivity contribution in [2.75, 3.05) is 0 Å². The van der Waals surface area contributed by atoms with E-state index in [1.54, 1.807) is 0 Å². The first-order valence-electron chi connectivity index (χ1n) is 7.29. The van der Waals surface area contributed by atoms with Crippen molar-refractivity contribution in [2.24, 2.45) is 9.98 Å². The Kier molecular flexibility index (Phi) is 4.78. The molecule has 2 nitrogen and oxygen atoms in total. The van der Waals surface area contributed by atoms with Crippen LogP contribution < -0.4 is 0 Å². The van der Waals surface area contributed by atoms with Gasteiger partial charge in [-0.2, -0.15) is 9.98 Å². The van der Waals surface area contributed by atoms with E-state index in [2.05, 4.69) is 27.8 Å². The average Bonchev–Trinajstić information content (AvgIpc) is 2.63. The molecule has 0 fully saturated rings. The fourth-order valence-corrected chi connectivity index (χ4v) is 1.98. The highest BCUT2D eigenvalue weighted by atomic mass is 14.8. The van der Waals surface area contributed by atoms with Crippen LogP contribution in [0.15, 0.2) is 94.9 Å². The van der Waals surface area contributed by atoms with E-state index in [1.165, 1.54) is 0 Å². The Morgan fingerprint density at radius 3 is 2.00 bits per heavy atom. The van der Waals surface area contributed by atoms with Crippen LogP contribution in [0.4, 0.5) is 11.4 Å². The van der Waals surface area contributed by atoms with Crippen molar-refractivity contribution in [3.05, 3.63) is 96.1 Å². The fraction of sp³-hybridized carbons (Fsp3) is 0. The maximum atomic E-state index is 4.29. The zero-order chi connectivity index (χ0) is 15.7. The van der Waals surface area contributed by atoms with Gasteiger partial charge in [-0.3, -0.25) is 0 Å². The topological polar surface area (TPSA) is 24.7 Å². The summed E-state index contributed by atoms with van der Waals surface area (Å²) < 4.78 is 0. The van der Waals surface area contributed by atoms with Crippen LogP contribution in [0.2, 0.25) is 0 Å². The van der Waals surface area contributed by atoms with Crippen molar-refractivity contribution in [3.63, 3.8) is 0 Å². The molecule has 0 aliphatic heterocycles. The third-order valence-corrected chi connectivity index (χ3v) is 3.13. The molecule has 0 aliphatic rings. The molecule has 3 rings (SSSR count). The highest BCUT2D eigenvalue weighted by molar-refractivity contribution is 5.63. The number of rotatable bonds is 2. The predicted octanol–water partition coefficient (Wildman–Crippen LogP) is 5.22. The van der Waals surface area contributed by atoms with Gasteiger partial charge in [0.2, 0.25) is 0 Å². The second kappa shape index (κ2) is 7.56. The smallest absolute Gasteiger partial charge is 0.101 e. The SMILES string of the molecule is C(=Nc1ccccc1)=Nc1ccccc1C#Cc1ccccc1. The van der Waals surface area contributed by atoms with Gasteiger partial charge in [0, 0.05) is 5.56 Å². The zero-order valence-corrected chi connectivity index (χ0v) is 12.5. The van der Waals surface area contributed by atoms with Gasteiger partial charge in [-0.15, -0.1) is 0 Å². The molecule has 2 heteroatoms. The molecule has 0 N–H and O–H groups in total. The quantitative estimate of drug-likeness (QED) is 0.457. The Labute approximate surface area is 135 Å². The first kappa shape index (κ1) is 14.5. The molecule has 23 heavy (non-hydrogen) atoms. The lowest BCUT2D eigenvalue weighted by Gasteiger charge is -1.95. The molecule has 108 valence electrons. The minimum Gasteiger partial charge on any atom is -0.188 e. The molecule has 0 aliphatic carbocycles. The molecule has 0 saturated carbocycles. The van der Waals surface area contributed by atoms with Crippen molar-refractivity contribution in [1.82, 2.24) is 0 Å². The van der Waals surface area contributed by atoms with Crippen LogP contribution in [0.3, 0.4) is 0 Å². The lowest BCUT2D eigenvalue weighted by atomic mass is 10.1. The second-order valence-electron chi connectivity index (χ2n) is 4.79. The molecule has 0 spiro atoms. The standard InChI is InChI=1S/C21H14N2/c1-3-9-18(10-4-1)15-16-19-11-7-8-14-21(19)23-17-22-20-12-5-2-6-13-20/h1-14H. The lowest BCUT2D eigenvalue weighted by Crippen LogP contribution is -1.77. The summed E-state index contributed by atoms with van der Waals surface area (Å²) in [6.07, 6.45) is 0. The highest BCUT2D eigenvalue weighted by Crippen LogP contribution is 2.17. The number of nitrogens with zero attached hydrogens (tertiary/aromatic N) is 2. The highest BCUT2D eigenvalue weighted by Gasteiger charge is 1.95. The van der Waals surface area contributed by atoms with Crippen LogP contribution >= 0.6 is 0 Å². The van der Waals surface area contributed by atoms with Gasteiger partial charge in [-0.05, 0) is 36.4 Å². The Morgan fingerprint density at radius 1 is 0.565 bits per heavy atom. The lowest BCUT2D eigenvalue weighted by molar-refractivity contribution is 1.47. The summed E-state index contributed by atoms with van der Waals surface area (Å²) >= 11 is 0. The van der Waals surface area contributed by atoms with Gasteiger partial charge < -0.3 is 0 Å². The van der Waals surface area contributed by atoms with Gasteiger partial charge >= 0.3 is 0 Å². The Hall–Kier alpha value is -3.40. The van der Waals surface area contributed by atoms with Crippen LogP contribution in [0, 0.1) is 11.8 Å². The maximum Gasteiger partial charge on any atom is 0.101 e. The number of hydrogen-bond acceptors (Lipinski definition) is 2. The van der Waals surface area contributed by atoms with Gasteiger partial charge in [0.1, 0.15) is 6.01 Å². The monoisotopic (exact) mass is 294 g/mol. The summed E-state index contributed by atoms with van der Waals surface area (Å²) in [5, 5.41) is 0. The molecule has 0 heterocycles. The third-order valence-electron chi connectivity index (χ3n) is 3.13. The summed E-state index contributed by atoms with van der Waals surface area (Å²) in [5.74, 6) is 6.29. The van der Waals surface area contributed by atoms with Gasteiger partial charge in [0.25, 0.3) is 0 Å². The average molecular weight is 294 g/mol. The van der Waals surface area contributed by atoms with E-state index in [9.17, 15) is 0 Å². The summed E-state index contributed by atoms with van der Waals surface area (Å²) in [4.78, 5) is 8.49. The molecule has 3 aromatic rings. The van der Waals surface area contributed by atoms with E-state index < -0.39 is 0 Å². The van der Waals surface area contributed by atoms with Crippen LogP contribution in [-0.2, 0) is 0 Å². The Morgan fingerprint density at radius 2 is 1.22 bits per heavy atom. The first-order chi connectivity index (χ1) is 11.4. The zero-order valence-electron chi connectivity index (χ0n) is 12.5. The minimum atomic E-state index is 0.760. The molecule has 0 radical (unpaired) electrons. The van der Waals surface area contributed by atoms with Crippen molar-refractivity contribution in [2.45, 2.75) is 0 Å². The summed E-state index contributed by atoms with van der Waals surface area (Å²) in [6, 6.07) is 30.0. The van der Waals surface area contributed by atoms with Crippen molar-refractivity contribution in [1.29, 1.82) is 0 Å². The predicted molar refractivity (Wildman–Crippen MR) is 94.5 cm³/mol. The van der Waals surface area contributed by atoms with Gasteiger partial charge in [0.05, 0.1) is 16.9 Å². The van der Waals surface area contributed by atoms with Crippen LogP contribution in [-0.4, -0.2) is 6.01 Å². The molecule has 0 amide bonds. The summed E-state index contributed by atoms with van der Waals surface area (Å²) in [7, 11) is 0. The molecular weight excluding hydrogens is 280 g/mol. The number of benzene rings is 3. The third kappa shape index (κ3) is 4.28. The van der Waals surface area contributed by atoms with Gasteiger partial charge in [0.15, 0.2) is 0 Å². The van der Waals surface area contributed by atoms with Gasteiger partial charge in [-0.25, -0.2) is 0 Å². The van der Waals surface area contributed by atoms with E-state index >= 15 is 0 Å². The fourth-order valence-electron chi connectivity index (χ4n) is 1.98. The largest absolute Gasteiger partial charge is 0.188 e. The van der Waals surface area contributed by atoms with E-state index in [4.69, 9.17) is 0 Å². The first-order valence-corrected chi connectivity index (χ1v) is 7.29. The maximum absolute atomic E-state index is 4.29. The normalized spacial score (nSPS) is 9.22. The molecule has 0 unspecified atom stereocenters. The van der Waals surface area contributed by atoms with E-state index in [0.29, 0.717) is 0 Å². The number of hydrogen-bond donors (Lipinski definition) is 0. The van der Waals surface area contributed by atoms with E-state index in [0.717, 1.165) is 22.5 Å².